The number of benzene rings is 2. The van der Waals surface area contributed by atoms with Crippen molar-refractivity contribution in [3.05, 3.63) is 76.5 Å². The second-order valence-electron chi connectivity index (χ2n) is 10.1. The number of nitrogens with one attached hydrogen (secondary N) is 2. The number of anilines is 3. The molecule has 2 amide bonds. The van der Waals surface area contributed by atoms with Crippen LogP contribution in [0.15, 0.2) is 42.6 Å². The van der Waals surface area contributed by atoms with E-state index < -0.39 is 5.91 Å². The van der Waals surface area contributed by atoms with Crippen molar-refractivity contribution < 1.29 is 9.59 Å². The number of primary amides is 1. The van der Waals surface area contributed by atoms with E-state index in [1.54, 1.807) is 12.1 Å². The Hall–Kier alpha value is -3.94. The predicted molar refractivity (Wildman–Crippen MR) is 146 cm³/mol. The van der Waals surface area contributed by atoms with Crippen molar-refractivity contribution in [3.63, 3.8) is 0 Å². The van der Waals surface area contributed by atoms with E-state index >= 15 is 0 Å². The van der Waals surface area contributed by atoms with Crippen LogP contribution in [0, 0.1) is 25.8 Å². The van der Waals surface area contributed by atoms with Crippen LogP contribution in [0.5, 0.6) is 0 Å². The largest absolute Gasteiger partial charge is 0.367 e. The Kier molecular flexibility index (Phi) is 7.76. The zero-order valence-corrected chi connectivity index (χ0v) is 22.1. The molecule has 1 heterocycles. The first kappa shape index (κ1) is 26.1. The van der Waals surface area contributed by atoms with Crippen molar-refractivity contribution in [3.8, 4) is 0 Å². The van der Waals surface area contributed by atoms with Crippen molar-refractivity contribution in [1.82, 2.24) is 14.9 Å². The fourth-order valence-corrected chi connectivity index (χ4v) is 3.95. The summed E-state index contributed by atoms with van der Waals surface area (Å²) in [5.74, 6) is 0.407. The summed E-state index contributed by atoms with van der Waals surface area (Å²) in [6.45, 7) is 11.0. The SMILES string of the molecule is Cc1cccc(CN(C(=O)c2[c]cc(Nc3ncc(C(N)=O)c(N[C@H](C)C(C)C)n3)cc2)C2CC2)c1C. The van der Waals surface area contributed by atoms with E-state index in [0.717, 1.165) is 12.8 Å². The summed E-state index contributed by atoms with van der Waals surface area (Å²) in [7, 11) is 0. The van der Waals surface area contributed by atoms with E-state index in [9.17, 15) is 9.59 Å². The van der Waals surface area contributed by atoms with E-state index in [2.05, 4.69) is 66.5 Å². The van der Waals surface area contributed by atoms with Gasteiger partial charge < -0.3 is 21.3 Å². The Bertz CT molecular complexity index is 1280. The smallest absolute Gasteiger partial charge is 0.255 e. The molecule has 193 valence electrons. The maximum absolute atomic E-state index is 13.4. The molecule has 1 aromatic heterocycles. The Labute approximate surface area is 218 Å². The highest BCUT2D eigenvalue weighted by Gasteiger charge is 2.33. The van der Waals surface area contributed by atoms with Crippen LogP contribution in [-0.4, -0.2) is 38.8 Å². The molecule has 0 saturated heterocycles. The highest BCUT2D eigenvalue weighted by atomic mass is 16.2. The van der Waals surface area contributed by atoms with Gasteiger partial charge in [0.25, 0.3) is 11.8 Å². The Morgan fingerprint density at radius 1 is 1.16 bits per heavy atom. The molecule has 1 radical (unpaired) electrons. The second-order valence-corrected chi connectivity index (χ2v) is 10.1. The van der Waals surface area contributed by atoms with Crippen molar-refractivity contribution >= 4 is 29.3 Å². The summed E-state index contributed by atoms with van der Waals surface area (Å²) >= 11 is 0. The summed E-state index contributed by atoms with van der Waals surface area (Å²) in [5.41, 5.74) is 10.6. The van der Waals surface area contributed by atoms with Gasteiger partial charge in [0.2, 0.25) is 5.95 Å². The van der Waals surface area contributed by atoms with Crippen molar-refractivity contribution in [2.45, 2.75) is 66.1 Å². The molecule has 0 bridgehead atoms. The van der Waals surface area contributed by atoms with Gasteiger partial charge in [-0.25, -0.2) is 4.98 Å². The number of aryl methyl sites for hydroxylation is 1. The van der Waals surface area contributed by atoms with Gasteiger partial charge in [-0.05, 0) is 80.5 Å². The molecule has 3 aromatic rings. The topological polar surface area (TPSA) is 113 Å². The molecular weight excluding hydrogens is 464 g/mol. The number of amides is 2. The minimum absolute atomic E-state index is 0.0221. The van der Waals surface area contributed by atoms with Crippen LogP contribution in [0.4, 0.5) is 17.5 Å². The molecule has 0 aliphatic heterocycles. The van der Waals surface area contributed by atoms with Gasteiger partial charge in [-0.15, -0.1) is 0 Å². The number of hydrogen-bond acceptors (Lipinski definition) is 6. The standard InChI is InChI=1S/C29H35N6O2/c1-17(2)20(5)32-27-25(26(30)36)15-31-29(34-27)33-23-11-9-21(10-12-23)28(37)35(24-13-14-24)16-22-8-6-7-18(3)19(22)4/h6-9,11-12,15,17,20,24H,13-14,16H2,1-5H3,(H2,30,36)(H2,31,32,33,34)/t20-/m1/s1. The molecular formula is C29H35N6O2. The minimum atomic E-state index is -0.595. The molecule has 4 N–H and O–H groups in total. The zero-order chi connectivity index (χ0) is 26.7. The summed E-state index contributed by atoms with van der Waals surface area (Å²) in [6, 6.07) is 15.0. The number of aromatic nitrogens is 2. The van der Waals surface area contributed by atoms with Crippen LogP contribution in [0.25, 0.3) is 0 Å². The highest BCUT2D eigenvalue weighted by Crippen LogP contribution is 2.31. The highest BCUT2D eigenvalue weighted by molar-refractivity contribution is 5.97. The normalized spacial score (nSPS) is 13.8. The molecule has 1 saturated carbocycles. The van der Waals surface area contributed by atoms with Crippen molar-refractivity contribution in [2.75, 3.05) is 10.6 Å². The van der Waals surface area contributed by atoms with Gasteiger partial charge >= 0.3 is 0 Å². The molecule has 1 aliphatic carbocycles. The van der Waals surface area contributed by atoms with Crippen LogP contribution in [0.3, 0.4) is 0 Å². The van der Waals surface area contributed by atoms with Crippen LogP contribution in [-0.2, 0) is 6.54 Å². The van der Waals surface area contributed by atoms with E-state index in [-0.39, 0.29) is 23.6 Å². The van der Waals surface area contributed by atoms with Crippen LogP contribution < -0.4 is 16.4 Å². The lowest BCUT2D eigenvalue weighted by Gasteiger charge is -2.24. The summed E-state index contributed by atoms with van der Waals surface area (Å²) in [4.78, 5) is 35.9. The average molecular weight is 500 g/mol. The fourth-order valence-electron chi connectivity index (χ4n) is 3.95. The molecule has 2 aromatic carbocycles. The number of carbonyl (C=O) groups excluding carboxylic acids is 2. The first-order chi connectivity index (χ1) is 17.6. The maximum atomic E-state index is 13.4. The monoisotopic (exact) mass is 499 g/mol. The van der Waals surface area contributed by atoms with Gasteiger partial charge in [0.15, 0.2) is 0 Å². The molecule has 1 atom stereocenters. The Morgan fingerprint density at radius 2 is 1.92 bits per heavy atom. The zero-order valence-electron chi connectivity index (χ0n) is 22.1. The number of rotatable bonds is 10. The second kappa shape index (κ2) is 11.0. The van der Waals surface area contributed by atoms with E-state index in [4.69, 9.17) is 5.73 Å². The number of nitrogens with two attached hydrogens (primary N) is 1. The van der Waals surface area contributed by atoms with Crippen LogP contribution >= 0.6 is 0 Å². The van der Waals surface area contributed by atoms with Crippen LogP contribution in [0.2, 0.25) is 0 Å². The fraction of sp³-hybridized carbons (Fsp3) is 0.379. The molecule has 1 fully saturated rings. The van der Waals surface area contributed by atoms with Crippen molar-refractivity contribution in [1.29, 1.82) is 0 Å². The van der Waals surface area contributed by atoms with E-state index in [1.165, 1.54) is 22.9 Å². The molecule has 37 heavy (non-hydrogen) atoms. The Morgan fingerprint density at radius 3 is 2.54 bits per heavy atom. The quantitative estimate of drug-likeness (QED) is 0.362. The number of nitrogens with zero attached hydrogens (tertiary/aromatic N) is 3. The lowest BCUT2D eigenvalue weighted by molar-refractivity contribution is 0.0729. The Balaban J connectivity index is 1.49. The van der Waals surface area contributed by atoms with Crippen LogP contribution in [0.1, 0.15) is 71.0 Å². The summed E-state index contributed by atoms with van der Waals surface area (Å²) < 4.78 is 0. The van der Waals surface area contributed by atoms with Gasteiger partial charge in [0, 0.05) is 36.1 Å². The average Bonchev–Trinajstić information content (AvgIpc) is 3.70. The third-order valence-corrected chi connectivity index (χ3v) is 7.02. The molecule has 4 rings (SSSR count). The van der Waals surface area contributed by atoms with E-state index in [0.29, 0.717) is 35.5 Å². The van der Waals surface area contributed by atoms with Gasteiger partial charge in [-0.3, -0.25) is 9.59 Å². The van der Waals surface area contributed by atoms with Gasteiger partial charge in [0.1, 0.15) is 5.82 Å². The number of carbonyl (C=O) groups is 2. The van der Waals surface area contributed by atoms with Gasteiger partial charge in [0.05, 0.1) is 5.56 Å². The third kappa shape index (κ3) is 6.25. The first-order valence-corrected chi connectivity index (χ1v) is 12.7. The third-order valence-electron chi connectivity index (χ3n) is 7.02. The lowest BCUT2D eigenvalue weighted by Crippen LogP contribution is -2.33. The van der Waals surface area contributed by atoms with E-state index in [1.807, 2.05) is 24.0 Å². The van der Waals surface area contributed by atoms with Crippen molar-refractivity contribution in [2.24, 2.45) is 11.7 Å². The molecule has 0 spiro atoms. The van der Waals surface area contributed by atoms with Gasteiger partial charge in [-0.1, -0.05) is 32.0 Å². The lowest BCUT2D eigenvalue weighted by atomic mass is 10.0. The first-order valence-electron chi connectivity index (χ1n) is 12.7. The maximum Gasteiger partial charge on any atom is 0.255 e. The minimum Gasteiger partial charge on any atom is -0.367 e. The van der Waals surface area contributed by atoms with Gasteiger partial charge in [-0.2, -0.15) is 4.98 Å². The molecule has 8 nitrogen and oxygen atoms in total. The summed E-state index contributed by atoms with van der Waals surface area (Å²) in [6.07, 6.45) is 3.47. The number of hydrogen-bond donors (Lipinski definition) is 3. The predicted octanol–water partition coefficient (Wildman–Crippen LogP) is 5.00. The summed E-state index contributed by atoms with van der Waals surface area (Å²) in [5, 5.41) is 6.37. The molecule has 8 heteroatoms. The molecule has 1 aliphatic rings. The molecule has 0 unspecified atom stereocenters.